The first-order valence-electron chi connectivity index (χ1n) is 10.9. The average molecular weight is 435 g/mol. The van der Waals surface area contributed by atoms with Gasteiger partial charge in [0.15, 0.2) is 0 Å². The van der Waals surface area contributed by atoms with Crippen LogP contribution in [0.5, 0.6) is 0 Å². The van der Waals surface area contributed by atoms with Crippen molar-refractivity contribution >= 4 is 5.91 Å². The lowest BCUT2D eigenvalue weighted by atomic mass is 10.0. The minimum Gasteiger partial charge on any atom is -0.348 e. The van der Waals surface area contributed by atoms with Crippen LogP contribution in [0.2, 0.25) is 0 Å². The molecule has 1 atom stereocenters. The van der Waals surface area contributed by atoms with E-state index in [2.05, 4.69) is 24.3 Å². The topological polar surface area (TPSA) is 86.0 Å². The highest BCUT2D eigenvalue weighted by Gasteiger charge is 2.21. The molecule has 1 heterocycles. The maximum Gasteiger partial charge on any atom is 0.352 e. The van der Waals surface area contributed by atoms with E-state index in [4.69, 9.17) is 0 Å². The number of carbonyl (C=O) groups excluding carboxylic acids is 1. The van der Waals surface area contributed by atoms with Gasteiger partial charge >= 0.3 is 5.69 Å². The van der Waals surface area contributed by atoms with E-state index in [1.807, 2.05) is 57.2 Å². The van der Waals surface area contributed by atoms with E-state index in [0.29, 0.717) is 18.0 Å². The molecule has 7 nitrogen and oxygen atoms in total. The van der Waals surface area contributed by atoms with Crippen molar-refractivity contribution in [3.63, 3.8) is 0 Å². The van der Waals surface area contributed by atoms with Crippen LogP contribution in [0.1, 0.15) is 67.2 Å². The van der Waals surface area contributed by atoms with E-state index in [1.165, 1.54) is 0 Å². The van der Waals surface area contributed by atoms with E-state index >= 15 is 0 Å². The predicted octanol–water partition coefficient (Wildman–Crippen LogP) is 3.40. The molecule has 3 aromatic rings. The van der Waals surface area contributed by atoms with Crippen molar-refractivity contribution in [2.75, 3.05) is 0 Å². The summed E-state index contributed by atoms with van der Waals surface area (Å²) in [4.78, 5) is 39.2. The van der Waals surface area contributed by atoms with Crippen molar-refractivity contribution in [3.8, 4) is 5.69 Å². The Morgan fingerprint density at radius 3 is 2.19 bits per heavy atom. The molecule has 1 amide bonds. The molecule has 1 N–H and O–H groups in total. The lowest BCUT2D eigenvalue weighted by Crippen LogP contribution is -2.47. The Balaban J connectivity index is 2.16. The molecule has 0 aliphatic heterocycles. The molecule has 0 spiro atoms. The van der Waals surface area contributed by atoms with Gasteiger partial charge in [-0.15, -0.1) is 0 Å². The third kappa shape index (κ3) is 5.04. The van der Waals surface area contributed by atoms with Gasteiger partial charge in [0.2, 0.25) is 5.69 Å². The zero-order chi connectivity index (χ0) is 23.4. The maximum atomic E-state index is 13.3. The first-order valence-corrected chi connectivity index (χ1v) is 10.9. The van der Waals surface area contributed by atoms with Crippen LogP contribution in [0.15, 0.2) is 58.1 Å². The fraction of sp³-hybridized carbons (Fsp3) is 0.360. The molecule has 2 aromatic carbocycles. The fourth-order valence-electron chi connectivity index (χ4n) is 3.24. The molecule has 0 saturated carbocycles. The van der Waals surface area contributed by atoms with Crippen molar-refractivity contribution < 1.29 is 4.79 Å². The number of benzene rings is 2. The number of hydrogen-bond acceptors (Lipinski definition) is 4. The zero-order valence-corrected chi connectivity index (χ0v) is 19.3. The molecule has 3 rings (SSSR count). The van der Waals surface area contributed by atoms with Crippen molar-refractivity contribution in [1.29, 1.82) is 0 Å². The number of aryl methyl sites for hydroxylation is 1. The lowest BCUT2D eigenvalue weighted by molar-refractivity contribution is 0.0929. The molecule has 0 saturated heterocycles. The first-order chi connectivity index (χ1) is 15.2. The molecule has 32 heavy (non-hydrogen) atoms. The average Bonchev–Trinajstić information content (AvgIpc) is 2.78. The molecule has 0 aliphatic carbocycles. The van der Waals surface area contributed by atoms with E-state index in [9.17, 15) is 14.4 Å². The van der Waals surface area contributed by atoms with E-state index in [0.717, 1.165) is 25.9 Å². The molecule has 7 heteroatoms. The summed E-state index contributed by atoms with van der Waals surface area (Å²) in [6.07, 6.45) is 0.708. The van der Waals surface area contributed by atoms with Gasteiger partial charge in [0.25, 0.3) is 11.5 Å². The van der Waals surface area contributed by atoms with E-state index in [1.54, 1.807) is 12.1 Å². The number of carbonyl (C=O) groups is 1. The summed E-state index contributed by atoms with van der Waals surface area (Å²) < 4.78 is 2.20. The largest absolute Gasteiger partial charge is 0.352 e. The van der Waals surface area contributed by atoms with Crippen LogP contribution in [-0.2, 0) is 6.54 Å². The van der Waals surface area contributed by atoms with Gasteiger partial charge in [-0.1, -0.05) is 62.7 Å². The Kier molecular flexibility index (Phi) is 7.08. The van der Waals surface area contributed by atoms with E-state index < -0.39 is 17.2 Å². The summed E-state index contributed by atoms with van der Waals surface area (Å²) in [5.74, 6) is -0.254. The van der Waals surface area contributed by atoms with Crippen molar-refractivity contribution in [2.24, 2.45) is 0 Å². The summed E-state index contributed by atoms with van der Waals surface area (Å²) in [5, 5.41) is 6.96. The second kappa shape index (κ2) is 9.77. The van der Waals surface area contributed by atoms with Crippen LogP contribution in [0.3, 0.4) is 0 Å². The minimum absolute atomic E-state index is 0.0498. The highest BCUT2D eigenvalue weighted by Crippen LogP contribution is 2.15. The van der Waals surface area contributed by atoms with E-state index in [-0.39, 0.29) is 18.3 Å². The molecular formula is C25H30N4O3. The summed E-state index contributed by atoms with van der Waals surface area (Å²) in [7, 11) is 0. The summed E-state index contributed by atoms with van der Waals surface area (Å²) in [5.41, 5.74) is 1.88. The number of hydrogen-bond donors (Lipinski definition) is 1. The van der Waals surface area contributed by atoms with Crippen LogP contribution in [-0.4, -0.2) is 26.3 Å². The van der Waals surface area contributed by atoms with Gasteiger partial charge < -0.3 is 5.32 Å². The molecule has 168 valence electrons. The molecule has 0 bridgehead atoms. The Hall–Kier alpha value is -3.48. The molecule has 0 radical (unpaired) electrons. The summed E-state index contributed by atoms with van der Waals surface area (Å²) in [6, 6.07) is 14.8. The second-order valence-corrected chi connectivity index (χ2v) is 8.45. The highest BCUT2D eigenvalue weighted by atomic mass is 16.2. The third-order valence-electron chi connectivity index (χ3n) is 5.53. The Morgan fingerprint density at radius 2 is 1.62 bits per heavy atom. The van der Waals surface area contributed by atoms with Crippen LogP contribution in [0.25, 0.3) is 5.69 Å². The number of nitrogens with one attached hydrogen (secondary N) is 1. The lowest BCUT2D eigenvalue weighted by Gasteiger charge is -2.15. The quantitative estimate of drug-likeness (QED) is 0.618. The highest BCUT2D eigenvalue weighted by molar-refractivity contribution is 5.91. The van der Waals surface area contributed by atoms with Crippen molar-refractivity contribution in [2.45, 2.75) is 59.5 Å². The van der Waals surface area contributed by atoms with Crippen LogP contribution in [0.4, 0.5) is 0 Å². The minimum atomic E-state index is -0.702. The van der Waals surface area contributed by atoms with Crippen molar-refractivity contribution in [3.05, 3.63) is 91.8 Å². The molecule has 0 fully saturated rings. The standard InChI is InChI=1S/C25H30N4O3/c1-6-18(5)26-23(30)22-24(31)28(15-19-9-7-17(4)8-10-19)25(32)29(27-22)21-13-11-20(12-14-21)16(2)3/h7-14,16,18H,6,15H2,1-5H3,(H,26,30). The second-order valence-electron chi connectivity index (χ2n) is 8.45. The van der Waals surface area contributed by atoms with Gasteiger partial charge in [-0.05, 0) is 49.4 Å². The molecule has 1 aromatic heterocycles. The fourth-order valence-corrected chi connectivity index (χ4v) is 3.24. The maximum absolute atomic E-state index is 13.3. The predicted molar refractivity (Wildman–Crippen MR) is 126 cm³/mol. The number of nitrogens with zero attached hydrogens (tertiary/aromatic N) is 3. The van der Waals surface area contributed by atoms with Crippen LogP contribution in [0, 0.1) is 6.92 Å². The number of aromatic nitrogens is 3. The van der Waals surface area contributed by atoms with Gasteiger partial charge in [-0.3, -0.25) is 14.2 Å². The van der Waals surface area contributed by atoms with Gasteiger partial charge in [0, 0.05) is 6.04 Å². The Bertz CT molecular complexity index is 1210. The smallest absolute Gasteiger partial charge is 0.348 e. The molecular weight excluding hydrogens is 404 g/mol. The van der Waals surface area contributed by atoms with Crippen molar-refractivity contribution in [1.82, 2.24) is 19.7 Å². The molecule has 0 aliphatic rings. The first kappa shape index (κ1) is 23.2. The third-order valence-corrected chi connectivity index (χ3v) is 5.53. The Morgan fingerprint density at radius 1 is 1.00 bits per heavy atom. The van der Waals surface area contributed by atoms with Gasteiger partial charge in [0.05, 0.1) is 12.2 Å². The Labute approximate surface area is 187 Å². The SMILES string of the molecule is CCC(C)NC(=O)c1nn(-c2ccc(C(C)C)cc2)c(=O)n(Cc2ccc(C)cc2)c1=O. The monoisotopic (exact) mass is 434 g/mol. The zero-order valence-electron chi connectivity index (χ0n) is 19.3. The summed E-state index contributed by atoms with van der Waals surface area (Å²) >= 11 is 0. The normalized spacial score (nSPS) is 12.1. The van der Waals surface area contributed by atoms with Crippen LogP contribution < -0.4 is 16.6 Å². The number of rotatable bonds is 7. The molecule has 1 unspecified atom stereocenters. The van der Waals surface area contributed by atoms with Gasteiger partial charge in [0.1, 0.15) is 0 Å². The van der Waals surface area contributed by atoms with Crippen LogP contribution >= 0.6 is 0 Å². The van der Waals surface area contributed by atoms with Gasteiger partial charge in [-0.25, -0.2) is 4.79 Å². The van der Waals surface area contributed by atoms with Gasteiger partial charge in [-0.2, -0.15) is 9.78 Å². The number of amides is 1. The summed E-state index contributed by atoms with van der Waals surface area (Å²) in [6.45, 7) is 9.97.